The molecule has 10 nitrogen and oxygen atoms in total. The van der Waals surface area contributed by atoms with Crippen molar-refractivity contribution in [3.05, 3.63) is 51.5 Å². The van der Waals surface area contributed by atoms with E-state index in [9.17, 15) is 9.59 Å². The monoisotopic (exact) mass is 525 g/mol. The van der Waals surface area contributed by atoms with Gasteiger partial charge in [-0.15, -0.1) is 0 Å². The molecular formula is C26H31N5O5S. The number of hydrogen-bond donors (Lipinski definition) is 2. The molecule has 0 aliphatic carbocycles. The van der Waals surface area contributed by atoms with Gasteiger partial charge in [-0.3, -0.25) is 19.1 Å². The van der Waals surface area contributed by atoms with E-state index < -0.39 is 0 Å². The predicted molar refractivity (Wildman–Crippen MR) is 143 cm³/mol. The van der Waals surface area contributed by atoms with Crippen molar-refractivity contribution < 1.29 is 19.0 Å². The first-order chi connectivity index (χ1) is 18.0. The van der Waals surface area contributed by atoms with Gasteiger partial charge in [-0.2, -0.15) is 0 Å². The summed E-state index contributed by atoms with van der Waals surface area (Å²) in [6.45, 7) is 5.79. The van der Waals surface area contributed by atoms with Gasteiger partial charge in [0.2, 0.25) is 12.7 Å². The van der Waals surface area contributed by atoms with E-state index in [1.54, 1.807) is 19.2 Å². The van der Waals surface area contributed by atoms with Gasteiger partial charge in [-0.25, -0.2) is 0 Å². The molecule has 3 aromatic rings. The summed E-state index contributed by atoms with van der Waals surface area (Å²) in [4.78, 5) is 33.2. The first-order valence-electron chi connectivity index (χ1n) is 12.5. The predicted octanol–water partition coefficient (Wildman–Crippen LogP) is 2.51. The van der Waals surface area contributed by atoms with Crippen molar-refractivity contribution in [3.8, 4) is 17.2 Å². The number of methoxy groups -OCH3 is 1. The fourth-order valence-electron chi connectivity index (χ4n) is 4.70. The van der Waals surface area contributed by atoms with Crippen LogP contribution in [0.3, 0.4) is 0 Å². The van der Waals surface area contributed by atoms with E-state index in [1.807, 2.05) is 12.1 Å². The van der Waals surface area contributed by atoms with Crippen molar-refractivity contribution in [3.63, 3.8) is 0 Å². The number of amides is 1. The molecule has 0 spiro atoms. The molecule has 1 saturated heterocycles. The highest BCUT2D eigenvalue weighted by Crippen LogP contribution is 2.34. The highest BCUT2D eigenvalue weighted by Gasteiger charge is 2.18. The fourth-order valence-corrected chi connectivity index (χ4v) is 4.98. The highest BCUT2D eigenvalue weighted by molar-refractivity contribution is 7.71. The van der Waals surface area contributed by atoms with Gasteiger partial charge in [0.15, 0.2) is 16.3 Å². The molecule has 11 heteroatoms. The minimum Gasteiger partial charge on any atom is -0.497 e. The van der Waals surface area contributed by atoms with Crippen molar-refractivity contribution in [2.45, 2.75) is 19.4 Å². The number of rotatable bonds is 9. The first-order valence-corrected chi connectivity index (χ1v) is 12.9. The van der Waals surface area contributed by atoms with Crippen LogP contribution in [0.4, 0.5) is 5.69 Å². The lowest BCUT2D eigenvalue weighted by molar-refractivity contribution is -0.121. The van der Waals surface area contributed by atoms with Crippen LogP contribution in [-0.4, -0.2) is 73.5 Å². The highest BCUT2D eigenvalue weighted by atomic mass is 32.1. The molecule has 0 bridgehead atoms. The Morgan fingerprint density at radius 3 is 2.54 bits per heavy atom. The lowest BCUT2D eigenvalue weighted by atomic mass is 10.2. The van der Waals surface area contributed by atoms with E-state index in [0.29, 0.717) is 28.9 Å². The molecular weight excluding hydrogens is 494 g/mol. The van der Waals surface area contributed by atoms with Crippen molar-refractivity contribution in [2.75, 3.05) is 58.1 Å². The van der Waals surface area contributed by atoms with Gasteiger partial charge >= 0.3 is 0 Å². The Morgan fingerprint density at radius 1 is 1.08 bits per heavy atom. The number of nitrogens with zero attached hydrogens (tertiary/aromatic N) is 3. The van der Waals surface area contributed by atoms with Crippen LogP contribution >= 0.6 is 12.2 Å². The van der Waals surface area contributed by atoms with Gasteiger partial charge in [0, 0.05) is 57.4 Å². The number of aromatic amines is 1. The fraction of sp³-hybridized carbons (Fsp3) is 0.423. The average molecular weight is 526 g/mol. The molecule has 0 saturated carbocycles. The first kappa shape index (κ1) is 25.1. The molecule has 2 aromatic carbocycles. The summed E-state index contributed by atoms with van der Waals surface area (Å²) < 4.78 is 17.7. The molecule has 37 heavy (non-hydrogen) atoms. The van der Waals surface area contributed by atoms with Gasteiger partial charge in [0.1, 0.15) is 5.75 Å². The molecule has 2 aliphatic rings. The largest absolute Gasteiger partial charge is 0.497 e. The molecule has 0 atom stereocenters. The maximum absolute atomic E-state index is 13.0. The van der Waals surface area contributed by atoms with Crippen LogP contribution in [0.1, 0.15) is 12.8 Å². The summed E-state index contributed by atoms with van der Waals surface area (Å²) in [7, 11) is 1.68. The molecule has 0 unspecified atom stereocenters. The Bertz CT molecular complexity index is 1380. The Balaban J connectivity index is 1.05. The number of benzene rings is 2. The van der Waals surface area contributed by atoms with Crippen LogP contribution in [0.5, 0.6) is 17.2 Å². The third-order valence-electron chi connectivity index (χ3n) is 6.82. The normalized spacial score (nSPS) is 15.2. The van der Waals surface area contributed by atoms with Crippen molar-refractivity contribution in [2.24, 2.45) is 0 Å². The zero-order valence-electron chi connectivity index (χ0n) is 20.8. The zero-order valence-corrected chi connectivity index (χ0v) is 21.6. The minimum absolute atomic E-state index is 0.101. The molecule has 5 rings (SSSR count). The second-order valence-electron chi connectivity index (χ2n) is 9.12. The number of fused-ring (bicyclic) bond motifs is 2. The summed E-state index contributed by atoms with van der Waals surface area (Å²) >= 11 is 5.37. The van der Waals surface area contributed by atoms with Crippen LogP contribution in [0, 0.1) is 4.77 Å². The Kier molecular flexibility index (Phi) is 7.61. The summed E-state index contributed by atoms with van der Waals surface area (Å²) in [5, 5.41) is 3.41. The number of nitrogens with one attached hydrogen (secondary N) is 2. The van der Waals surface area contributed by atoms with Gasteiger partial charge in [0.25, 0.3) is 5.56 Å². The lowest BCUT2D eigenvalue weighted by Crippen LogP contribution is -2.47. The minimum atomic E-state index is -0.251. The number of H-pyrrole nitrogens is 1. The van der Waals surface area contributed by atoms with Crippen molar-refractivity contribution >= 4 is 34.7 Å². The van der Waals surface area contributed by atoms with Crippen LogP contribution in [0.25, 0.3) is 10.9 Å². The molecule has 2 N–H and O–H groups in total. The van der Waals surface area contributed by atoms with Gasteiger partial charge in [-0.1, -0.05) is 0 Å². The van der Waals surface area contributed by atoms with E-state index in [2.05, 4.69) is 32.2 Å². The van der Waals surface area contributed by atoms with Gasteiger partial charge in [0.05, 0.1) is 18.0 Å². The molecule has 3 heterocycles. The van der Waals surface area contributed by atoms with Crippen molar-refractivity contribution in [1.82, 2.24) is 19.8 Å². The smallest absolute Gasteiger partial charge is 0.262 e. The Labute approximate surface area is 219 Å². The van der Waals surface area contributed by atoms with E-state index in [1.165, 1.54) is 10.3 Å². The molecule has 1 aromatic heterocycles. The lowest BCUT2D eigenvalue weighted by Gasteiger charge is -2.36. The molecule has 196 valence electrons. The van der Waals surface area contributed by atoms with Gasteiger partial charge < -0.3 is 29.4 Å². The SMILES string of the molecule is COc1ccc(N2CCN(CCCNC(=O)CCn3c(=S)[nH]c4cc5c(cc4c3=O)OCO5)CC2)cc1. The zero-order chi connectivity index (χ0) is 25.8. The summed E-state index contributed by atoms with van der Waals surface area (Å²) in [5.74, 6) is 1.87. The number of hydrogen-bond acceptors (Lipinski definition) is 8. The topological polar surface area (TPSA) is 101 Å². The summed E-state index contributed by atoms with van der Waals surface area (Å²) in [5.41, 5.74) is 1.55. The number of carbonyl (C=O) groups excluding carboxylic acids is 1. The third-order valence-corrected chi connectivity index (χ3v) is 7.14. The molecule has 1 amide bonds. The molecule has 2 aliphatic heterocycles. The maximum Gasteiger partial charge on any atom is 0.262 e. The van der Waals surface area contributed by atoms with Crippen molar-refractivity contribution in [1.29, 1.82) is 0 Å². The summed E-state index contributed by atoms with van der Waals surface area (Å²) in [6, 6.07) is 11.5. The second kappa shape index (κ2) is 11.2. The molecule has 1 fully saturated rings. The van der Waals surface area contributed by atoms with Crippen LogP contribution < -0.4 is 30.0 Å². The van der Waals surface area contributed by atoms with Crippen LogP contribution in [0.15, 0.2) is 41.2 Å². The second-order valence-corrected chi connectivity index (χ2v) is 9.50. The maximum atomic E-state index is 13.0. The van der Waals surface area contributed by atoms with E-state index in [0.717, 1.165) is 44.9 Å². The summed E-state index contributed by atoms with van der Waals surface area (Å²) in [6.07, 6.45) is 1.05. The number of carbonyl (C=O) groups is 1. The Hall–Kier alpha value is -3.57. The van der Waals surface area contributed by atoms with E-state index in [-0.39, 0.29) is 36.0 Å². The number of piperazine rings is 1. The van der Waals surface area contributed by atoms with Gasteiger partial charge in [-0.05, 0) is 55.5 Å². The number of ether oxygens (including phenoxy) is 3. The van der Waals surface area contributed by atoms with Crippen LogP contribution in [-0.2, 0) is 11.3 Å². The Morgan fingerprint density at radius 2 is 1.81 bits per heavy atom. The third kappa shape index (κ3) is 5.72. The number of aromatic nitrogens is 2. The van der Waals surface area contributed by atoms with Crippen LogP contribution in [0.2, 0.25) is 0 Å². The average Bonchev–Trinajstić information content (AvgIpc) is 3.38. The number of anilines is 1. The standard InChI is InChI=1S/C26H31N5O5S/c1-34-19-5-3-18(4-6-19)30-13-11-29(12-14-30)9-2-8-27-24(32)7-10-31-25(33)20-15-22-23(36-17-35-22)16-21(20)28-26(31)37/h3-6,15-16H,2,7-14,17H2,1H3,(H,27,32)(H,28,37). The van der Waals surface area contributed by atoms with E-state index in [4.69, 9.17) is 26.4 Å². The van der Waals surface area contributed by atoms with E-state index >= 15 is 0 Å². The quantitative estimate of drug-likeness (QED) is 0.325. The molecule has 0 radical (unpaired) electrons.